The summed E-state index contributed by atoms with van der Waals surface area (Å²) >= 11 is 0. The molecule has 1 aromatic heterocycles. The van der Waals surface area contributed by atoms with Crippen molar-refractivity contribution in [3.05, 3.63) is 29.1 Å². The highest BCUT2D eigenvalue weighted by Crippen LogP contribution is 2.39. The minimum atomic E-state index is -5.74. The topological polar surface area (TPSA) is 149 Å². The molecular weight excluding hydrogens is 477 g/mol. The Kier molecular flexibility index (Phi) is 7.09. The molecule has 2 heterocycles. The monoisotopic (exact) mass is 496 g/mol. The molecule has 0 saturated carbocycles. The summed E-state index contributed by atoms with van der Waals surface area (Å²) in [5.74, 6) is -0.155. The average molecular weight is 496 g/mol. The van der Waals surface area contributed by atoms with Gasteiger partial charge in [0.05, 0.1) is 12.3 Å². The zero-order valence-corrected chi connectivity index (χ0v) is 18.9. The highest BCUT2D eigenvalue weighted by Gasteiger charge is 2.46. The number of anilines is 2. The van der Waals surface area contributed by atoms with Gasteiger partial charge in [-0.25, -0.2) is 0 Å². The van der Waals surface area contributed by atoms with Gasteiger partial charge in [-0.05, 0) is 30.5 Å². The molecule has 0 radical (unpaired) electrons. The fourth-order valence-electron chi connectivity index (χ4n) is 3.38. The first-order chi connectivity index (χ1) is 16.0. The van der Waals surface area contributed by atoms with Gasteiger partial charge in [0.25, 0.3) is 5.95 Å². The number of aromatic nitrogens is 2. The standard InChI is InChI=1S/C19H19F3N8O3S/c1-29-17(11-24)15(10-23)25-18(29)27-26-13-8-12-4-3-5-30(6-7-33-2)16(12)9-14(13)28-34(31,32)19(20,21)22/h8-9,28H,3-7H2,1-2H3. The number of imidazole rings is 1. The first-order valence-corrected chi connectivity index (χ1v) is 11.3. The molecule has 1 aromatic carbocycles. The van der Waals surface area contributed by atoms with Crippen molar-refractivity contribution in [2.45, 2.75) is 18.3 Å². The number of hydrogen-bond acceptors (Lipinski definition) is 9. The summed E-state index contributed by atoms with van der Waals surface area (Å²) in [6.45, 7) is 1.44. The third kappa shape index (κ3) is 4.95. The fourth-order valence-corrected chi connectivity index (χ4v) is 3.95. The van der Waals surface area contributed by atoms with Crippen molar-refractivity contribution in [1.29, 1.82) is 10.5 Å². The molecule has 2 aromatic rings. The van der Waals surface area contributed by atoms with Crippen LogP contribution in [-0.4, -0.2) is 50.3 Å². The van der Waals surface area contributed by atoms with E-state index >= 15 is 0 Å². The van der Waals surface area contributed by atoms with Gasteiger partial charge in [0, 0.05) is 32.9 Å². The highest BCUT2D eigenvalue weighted by molar-refractivity contribution is 7.93. The summed E-state index contributed by atoms with van der Waals surface area (Å²) < 4.78 is 70.6. The minimum Gasteiger partial charge on any atom is -0.383 e. The van der Waals surface area contributed by atoms with Gasteiger partial charge in [0.15, 0.2) is 11.4 Å². The maximum atomic E-state index is 13.1. The average Bonchev–Trinajstić information content (AvgIpc) is 3.09. The molecule has 180 valence electrons. The fraction of sp³-hybridized carbons (Fsp3) is 0.421. The minimum absolute atomic E-state index is 0.0753. The number of nitriles is 2. The first-order valence-electron chi connectivity index (χ1n) is 9.81. The number of fused-ring (bicyclic) bond motifs is 1. The van der Waals surface area contributed by atoms with E-state index in [9.17, 15) is 21.6 Å². The van der Waals surface area contributed by atoms with E-state index in [-0.39, 0.29) is 23.0 Å². The van der Waals surface area contributed by atoms with Crippen LogP contribution in [-0.2, 0) is 28.2 Å². The van der Waals surface area contributed by atoms with Crippen molar-refractivity contribution in [2.75, 3.05) is 36.4 Å². The molecule has 11 nitrogen and oxygen atoms in total. The largest absolute Gasteiger partial charge is 0.516 e. The van der Waals surface area contributed by atoms with Gasteiger partial charge in [-0.3, -0.25) is 4.72 Å². The number of alkyl halides is 3. The Balaban J connectivity index is 2.11. The number of methoxy groups -OCH3 is 1. The van der Waals surface area contributed by atoms with Crippen LogP contribution in [0.15, 0.2) is 22.4 Å². The highest BCUT2D eigenvalue weighted by atomic mass is 32.2. The van der Waals surface area contributed by atoms with E-state index in [2.05, 4.69) is 15.2 Å². The lowest BCUT2D eigenvalue weighted by atomic mass is 10.00. The quantitative estimate of drug-likeness (QED) is 0.578. The maximum Gasteiger partial charge on any atom is 0.516 e. The van der Waals surface area contributed by atoms with Gasteiger partial charge in [-0.1, -0.05) is 0 Å². The summed E-state index contributed by atoms with van der Waals surface area (Å²) in [7, 11) is -2.81. The number of azo groups is 1. The van der Waals surface area contributed by atoms with E-state index in [1.165, 1.54) is 30.9 Å². The van der Waals surface area contributed by atoms with E-state index < -0.39 is 21.2 Å². The molecule has 0 aliphatic carbocycles. The Hall–Kier alpha value is -3.69. The van der Waals surface area contributed by atoms with Crippen molar-refractivity contribution in [1.82, 2.24) is 9.55 Å². The molecule has 15 heteroatoms. The number of nitrogens with zero attached hydrogens (tertiary/aromatic N) is 7. The molecule has 0 saturated heterocycles. The van der Waals surface area contributed by atoms with Crippen molar-refractivity contribution in [2.24, 2.45) is 17.3 Å². The number of halogens is 3. The van der Waals surface area contributed by atoms with Crippen LogP contribution in [0.25, 0.3) is 0 Å². The predicted octanol–water partition coefficient (Wildman–Crippen LogP) is 3.24. The molecule has 1 aliphatic rings. The number of ether oxygens (including phenoxy) is 1. The van der Waals surface area contributed by atoms with Crippen molar-refractivity contribution in [3.8, 4) is 12.1 Å². The number of benzene rings is 1. The Morgan fingerprint density at radius 2 is 2.00 bits per heavy atom. The molecule has 3 rings (SSSR count). The molecule has 1 aliphatic heterocycles. The maximum absolute atomic E-state index is 13.1. The van der Waals surface area contributed by atoms with Gasteiger partial charge in [-0.15, -0.1) is 10.2 Å². The van der Waals surface area contributed by atoms with Crippen molar-refractivity contribution >= 4 is 33.0 Å². The Morgan fingerprint density at radius 1 is 1.26 bits per heavy atom. The Morgan fingerprint density at radius 3 is 2.59 bits per heavy atom. The van der Waals surface area contributed by atoms with Crippen LogP contribution in [0.3, 0.4) is 0 Å². The molecule has 0 atom stereocenters. The zero-order valence-electron chi connectivity index (χ0n) is 18.1. The lowest BCUT2D eigenvalue weighted by molar-refractivity contribution is -0.0429. The molecule has 0 fully saturated rings. The van der Waals surface area contributed by atoms with Crippen LogP contribution in [0.2, 0.25) is 0 Å². The molecular formula is C19H19F3N8O3S. The van der Waals surface area contributed by atoms with Crippen LogP contribution >= 0.6 is 0 Å². The summed E-state index contributed by atoms with van der Waals surface area (Å²) in [5, 5.41) is 26.0. The van der Waals surface area contributed by atoms with Crippen LogP contribution in [0.1, 0.15) is 23.4 Å². The van der Waals surface area contributed by atoms with E-state index in [0.29, 0.717) is 31.8 Å². The van der Waals surface area contributed by atoms with Crippen LogP contribution < -0.4 is 9.62 Å². The number of nitrogens with one attached hydrogen (secondary N) is 1. The molecule has 0 amide bonds. The molecule has 0 unspecified atom stereocenters. The zero-order chi connectivity index (χ0) is 25.1. The van der Waals surface area contributed by atoms with Gasteiger partial charge >= 0.3 is 15.5 Å². The number of sulfonamides is 1. The second-order valence-corrected chi connectivity index (χ2v) is 8.90. The van der Waals surface area contributed by atoms with Gasteiger partial charge in [0.2, 0.25) is 0 Å². The van der Waals surface area contributed by atoms with Crippen LogP contribution in [0.5, 0.6) is 0 Å². The summed E-state index contributed by atoms with van der Waals surface area (Å²) in [6.07, 6.45) is 1.35. The second-order valence-electron chi connectivity index (χ2n) is 7.22. The van der Waals surface area contributed by atoms with Crippen LogP contribution in [0, 0.1) is 22.7 Å². The lowest BCUT2D eigenvalue weighted by Gasteiger charge is -2.32. The lowest BCUT2D eigenvalue weighted by Crippen LogP contribution is -2.33. The van der Waals surface area contributed by atoms with E-state index in [1.807, 2.05) is 4.90 Å². The normalized spacial score (nSPS) is 14.0. The van der Waals surface area contributed by atoms with Gasteiger partial charge < -0.3 is 14.2 Å². The molecule has 0 spiro atoms. The van der Waals surface area contributed by atoms with E-state index in [0.717, 1.165) is 12.0 Å². The van der Waals surface area contributed by atoms with Crippen LogP contribution in [0.4, 0.5) is 36.2 Å². The smallest absolute Gasteiger partial charge is 0.383 e. The number of hydrogen-bond donors (Lipinski definition) is 1. The summed E-state index contributed by atoms with van der Waals surface area (Å²) in [4.78, 5) is 5.75. The second kappa shape index (κ2) is 9.66. The van der Waals surface area contributed by atoms with Crippen molar-refractivity contribution < 1.29 is 26.3 Å². The Bertz CT molecular complexity index is 1310. The third-order valence-corrected chi connectivity index (χ3v) is 6.15. The number of aryl methyl sites for hydroxylation is 1. The third-order valence-electron chi connectivity index (χ3n) is 5.06. The van der Waals surface area contributed by atoms with Gasteiger partial charge in [-0.2, -0.15) is 37.1 Å². The Labute approximate surface area is 193 Å². The molecule has 1 N–H and O–H groups in total. The summed E-state index contributed by atoms with van der Waals surface area (Å²) in [5.41, 5.74) is -5.14. The van der Waals surface area contributed by atoms with E-state index in [4.69, 9.17) is 15.3 Å². The first kappa shape index (κ1) is 24.9. The summed E-state index contributed by atoms with van der Waals surface area (Å²) in [6, 6.07) is 6.27. The van der Waals surface area contributed by atoms with E-state index in [1.54, 1.807) is 16.9 Å². The molecule has 0 bridgehead atoms. The SMILES string of the molecule is COCCN1CCCc2cc(N=Nc3nc(C#N)c(C#N)n3C)c(NS(=O)(=O)C(F)(F)F)cc21. The predicted molar refractivity (Wildman–Crippen MR) is 114 cm³/mol. The van der Waals surface area contributed by atoms with Gasteiger partial charge in [0.1, 0.15) is 17.8 Å². The molecule has 34 heavy (non-hydrogen) atoms. The number of rotatable bonds is 7. The van der Waals surface area contributed by atoms with Crippen molar-refractivity contribution in [3.63, 3.8) is 0 Å².